The van der Waals surface area contributed by atoms with Crippen LogP contribution < -0.4 is 16.4 Å². The number of allylic oxidation sites excluding steroid dienone is 4. The van der Waals surface area contributed by atoms with Crippen molar-refractivity contribution in [1.82, 2.24) is 25.6 Å². The van der Waals surface area contributed by atoms with Crippen molar-refractivity contribution in [3.8, 4) is 0 Å². The van der Waals surface area contributed by atoms with E-state index in [1.165, 1.54) is 20.3 Å². The summed E-state index contributed by atoms with van der Waals surface area (Å²) in [7, 11) is 2.91. The fourth-order valence-electron chi connectivity index (χ4n) is 6.13. The standard InChI is InChI=1S/C35H48N6O10/c1-19-12-24-30(37-16-23-17-41(40-39-23)18-29-49-10-11-50-29)26(42)15-25(32(24)44)38-34(45)20(2)8-7-9-27(47-5)33(51-35(36)46)22(4)14-21(3)31(43)28(13-19)48-6/h7-9,14-15,17,19,21,27-29,31,33,37,43H,10-13,16,18H2,1-6H3,(H2,36,46)(H,38,45)/b9-7-,20-8+,22-14+/t19-,21+,27+,28+,31-,33+/m1/s1. The number of hydrogen-bond donors (Lipinski definition) is 4. The first-order chi connectivity index (χ1) is 24.3. The molecule has 0 aromatic carbocycles. The van der Waals surface area contributed by atoms with Crippen molar-refractivity contribution >= 4 is 23.6 Å². The van der Waals surface area contributed by atoms with Crippen LogP contribution in [0.4, 0.5) is 4.79 Å². The molecule has 6 atom stereocenters. The number of ether oxygens (including phenoxy) is 5. The van der Waals surface area contributed by atoms with E-state index in [4.69, 9.17) is 29.4 Å². The fourth-order valence-corrected chi connectivity index (χ4v) is 6.13. The van der Waals surface area contributed by atoms with Crippen LogP contribution in [-0.2, 0) is 51.2 Å². The Bertz CT molecular complexity index is 1600. The molecule has 1 saturated heterocycles. The number of aliphatic hydroxyl groups is 1. The maximum atomic E-state index is 14.0. The molecule has 2 amide bonds. The van der Waals surface area contributed by atoms with Crippen LogP contribution >= 0.6 is 0 Å². The van der Waals surface area contributed by atoms with E-state index in [0.717, 1.165) is 6.08 Å². The highest BCUT2D eigenvalue weighted by Gasteiger charge is 2.33. The number of Topliss-reactive ketones (excluding diaryl/α,β-unsaturated/α-hetero) is 1. The van der Waals surface area contributed by atoms with Gasteiger partial charge in [0.2, 0.25) is 11.6 Å². The van der Waals surface area contributed by atoms with E-state index in [0.29, 0.717) is 37.4 Å². The third kappa shape index (κ3) is 10.5. The number of amides is 2. The number of carbonyl (C=O) groups is 4. The lowest BCUT2D eigenvalue weighted by Crippen LogP contribution is -2.37. The summed E-state index contributed by atoms with van der Waals surface area (Å²) in [6.07, 6.45) is 4.75. The smallest absolute Gasteiger partial charge is 0.405 e. The van der Waals surface area contributed by atoms with Crippen molar-refractivity contribution in [1.29, 1.82) is 0 Å². The molecule has 0 unspecified atom stereocenters. The largest absolute Gasteiger partial charge is 0.439 e. The number of primary amides is 1. The molecule has 51 heavy (non-hydrogen) atoms. The van der Waals surface area contributed by atoms with Gasteiger partial charge in [-0.05, 0) is 38.2 Å². The van der Waals surface area contributed by atoms with Crippen LogP contribution in [0.25, 0.3) is 0 Å². The Hall–Kier alpha value is -4.48. The minimum absolute atomic E-state index is 0.0792. The number of methoxy groups -OCH3 is 2. The average molecular weight is 713 g/mol. The first-order valence-corrected chi connectivity index (χ1v) is 16.8. The van der Waals surface area contributed by atoms with Gasteiger partial charge in [-0.2, -0.15) is 0 Å². The number of carbonyl (C=O) groups excluding carboxylic acids is 4. The molecule has 16 nitrogen and oxygen atoms in total. The highest BCUT2D eigenvalue weighted by atomic mass is 16.7. The molecule has 3 aliphatic rings. The van der Waals surface area contributed by atoms with Crippen LogP contribution in [-0.4, -0.2) is 102 Å². The highest BCUT2D eigenvalue weighted by Crippen LogP contribution is 2.29. The summed E-state index contributed by atoms with van der Waals surface area (Å²) in [6.45, 7) is 8.40. The number of rotatable bonds is 8. The van der Waals surface area contributed by atoms with Crippen molar-refractivity contribution in [2.45, 2.75) is 84.3 Å². The minimum atomic E-state index is -1.01. The van der Waals surface area contributed by atoms with Crippen molar-refractivity contribution in [3.05, 3.63) is 70.4 Å². The second-order valence-electron chi connectivity index (χ2n) is 12.9. The molecule has 2 bridgehead atoms. The maximum Gasteiger partial charge on any atom is 0.405 e. The molecule has 4 rings (SSSR count). The molecule has 0 spiro atoms. The molecule has 2 aliphatic heterocycles. The Morgan fingerprint density at radius 3 is 2.55 bits per heavy atom. The van der Waals surface area contributed by atoms with Gasteiger partial charge in [-0.15, -0.1) is 5.10 Å². The summed E-state index contributed by atoms with van der Waals surface area (Å²) >= 11 is 0. The Morgan fingerprint density at radius 2 is 1.88 bits per heavy atom. The summed E-state index contributed by atoms with van der Waals surface area (Å²) in [5.74, 6) is -2.38. The van der Waals surface area contributed by atoms with Gasteiger partial charge in [-0.3, -0.25) is 14.4 Å². The number of hydrogen-bond acceptors (Lipinski definition) is 13. The van der Waals surface area contributed by atoms with Gasteiger partial charge in [0.1, 0.15) is 11.8 Å². The van der Waals surface area contributed by atoms with Gasteiger partial charge in [0, 0.05) is 37.4 Å². The first-order valence-electron chi connectivity index (χ1n) is 16.8. The van der Waals surface area contributed by atoms with Crippen LogP contribution in [0.5, 0.6) is 0 Å². The predicted molar refractivity (Wildman–Crippen MR) is 182 cm³/mol. The van der Waals surface area contributed by atoms with E-state index in [9.17, 15) is 24.3 Å². The maximum absolute atomic E-state index is 14.0. The Morgan fingerprint density at radius 1 is 1.16 bits per heavy atom. The van der Waals surface area contributed by atoms with Gasteiger partial charge >= 0.3 is 6.09 Å². The minimum Gasteiger partial charge on any atom is -0.439 e. The quantitative estimate of drug-likeness (QED) is 0.222. The molecular formula is C35H48N6O10. The average Bonchev–Trinajstić information content (AvgIpc) is 3.78. The zero-order valence-electron chi connectivity index (χ0n) is 29.8. The molecule has 16 heteroatoms. The van der Waals surface area contributed by atoms with E-state index in [2.05, 4.69) is 20.9 Å². The zero-order chi connectivity index (χ0) is 37.2. The molecule has 1 fully saturated rings. The topological polar surface area (TPSA) is 215 Å². The van der Waals surface area contributed by atoms with Crippen molar-refractivity contribution in [3.63, 3.8) is 0 Å². The van der Waals surface area contributed by atoms with Crippen LogP contribution in [0.15, 0.2) is 64.7 Å². The third-order valence-corrected chi connectivity index (χ3v) is 8.85. The Balaban J connectivity index is 1.66. The number of aliphatic hydroxyl groups excluding tert-OH is 1. The summed E-state index contributed by atoms with van der Waals surface area (Å²) in [6, 6.07) is 0. The number of aromatic nitrogens is 3. The molecule has 0 radical (unpaired) electrons. The van der Waals surface area contributed by atoms with Gasteiger partial charge < -0.3 is 45.2 Å². The van der Waals surface area contributed by atoms with Crippen LogP contribution in [0.2, 0.25) is 0 Å². The fraction of sp³-hybridized carbons (Fsp3) is 0.543. The van der Waals surface area contributed by atoms with Crippen LogP contribution in [0.3, 0.4) is 0 Å². The molecule has 1 aromatic rings. The Kier molecular flexibility index (Phi) is 14.0. The first kappa shape index (κ1) is 39.3. The number of nitrogens with zero attached hydrogens (tertiary/aromatic N) is 3. The molecule has 1 aliphatic carbocycles. The normalized spacial score (nSPS) is 30.2. The molecular weight excluding hydrogens is 664 g/mol. The Labute approximate surface area is 296 Å². The van der Waals surface area contributed by atoms with E-state index in [1.807, 2.05) is 6.92 Å². The van der Waals surface area contributed by atoms with Crippen molar-refractivity contribution < 1.29 is 48.0 Å². The number of fused-ring (bicyclic) bond motifs is 2. The van der Waals surface area contributed by atoms with Crippen molar-refractivity contribution in [2.75, 3.05) is 27.4 Å². The van der Waals surface area contributed by atoms with Crippen LogP contribution in [0.1, 0.15) is 46.2 Å². The van der Waals surface area contributed by atoms with E-state index < -0.39 is 60.2 Å². The second-order valence-corrected chi connectivity index (χ2v) is 12.9. The second kappa shape index (κ2) is 18.1. The van der Waals surface area contributed by atoms with E-state index in [1.54, 1.807) is 49.9 Å². The SMILES string of the molecule is CO[C@H]1/C=C\C=C(/C)C(=O)NC2=CC(=O)C(NCc3cn(CC4OCCO4)nn3)=C(C[C@@H](C)C[C@H](OC)[C@H](O)[C@@H](C)/C=C(\C)[C@@H]1OC(N)=O)C2=O. The number of nitrogens with one attached hydrogen (secondary N) is 2. The lowest BCUT2D eigenvalue weighted by Gasteiger charge is -2.30. The van der Waals surface area contributed by atoms with Gasteiger partial charge in [0.25, 0.3) is 5.91 Å². The summed E-state index contributed by atoms with van der Waals surface area (Å²) in [5, 5.41) is 25.3. The predicted octanol–water partition coefficient (Wildman–Crippen LogP) is 1.52. The molecule has 0 saturated carbocycles. The number of ketones is 2. The van der Waals surface area contributed by atoms with Gasteiger partial charge in [0.15, 0.2) is 12.4 Å². The molecule has 3 heterocycles. The van der Waals surface area contributed by atoms with Gasteiger partial charge in [-0.1, -0.05) is 43.4 Å². The lowest BCUT2D eigenvalue weighted by molar-refractivity contribution is -0.120. The van der Waals surface area contributed by atoms with Crippen molar-refractivity contribution in [2.24, 2.45) is 17.6 Å². The summed E-state index contributed by atoms with van der Waals surface area (Å²) in [4.78, 5) is 52.5. The van der Waals surface area contributed by atoms with Crippen LogP contribution in [0, 0.1) is 11.8 Å². The summed E-state index contributed by atoms with van der Waals surface area (Å²) < 4.78 is 29.2. The molecule has 1 aromatic heterocycles. The zero-order valence-corrected chi connectivity index (χ0v) is 29.8. The van der Waals surface area contributed by atoms with E-state index >= 15 is 0 Å². The lowest BCUT2D eigenvalue weighted by atomic mass is 9.85. The highest BCUT2D eigenvalue weighted by molar-refractivity contribution is 6.23. The number of nitrogens with two attached hydrogens (primary N) is 1. The monoisotopic (exact) mass is 712 g/mol. The summed E-state index contributed by atoms with van der Waals surface area (Å²) in [5.41, 5.74) is 6.77. The third-order valence-electron chi connectivity index (χ3n) is 8.85. The van der Waals surface area contributed by atoms with Gasteiger partial charge in [0.05, 0.1) is 56.1 Å². The van der Waals surface area contributed by atoms with Gasteiger partial charge in [-0.25, -0.2) is 9.48 Å². The molecule has 5 N–H and O–H groups in total. The van der Waals surface area contributed by atoms with E-state index in [-0.39, 0.29) is 41.4 Å². The molecule has 278 valence electrons.